The number of nitrogens with zero attached hydrogens (tertiary/aromatic N) is 2. The van der Waals surface area contributed by atoms with Crippen LogP contribution in [-0.4, -0.2) is 54.3 Å². The highest BCUT2D eigenvalue weighted by Gasteiger charge is 2.32. The Hall–Kier alpha value is -2.86. The van der Waals surface area contributed by atoms with Gasteiger partial charge < -0.3 is 15.0 Å². The minimum atomic E-state index is -0.450. The lowest BCUT2D eigenvalue weighted by molar-refractivity contribution is -0.138. The Morgan fingerprint density at radius 3 is 2.68 bits per heavy atom. The van der Waals surface area contributed by atoms with E-state index in [-0.39, 0.29) is 18.2 Å². The summed E-state index contributed by atoms with van der Waals surface area (Å²) >= 11 is 0. The van der Waals surface area contributed by atoms with Gasteiger partial charge in [-0.15, -0.1) is 0 Å². The van der Waals surface area contributed by atoms with E-state index in [1.807, 2.05) is 61.5 Å². The third-order valence-electron chi connectivity index (χ3n) is 4.97. The lowest BCUT2D eigenvalue weighted by Gasteiger charge is -2.35. The molecule has 2 aromatic carbocycles. The van der Waals surface area contributed by atoms with E-state index >= 15 is 0 Å². The number of rotatable bonds is 7. The average molecular weight is 381 g/mol. The summed E-state index contributed by atoms with van der Waals surface area (Å²) in [6, 6.07) is 17.0. The number of piperazine rings is 1. The molecule has 0 radical (unpaired) electrons. The van der Waals surface area contributed by atoms with Crippen molar-refractivity contribution >= 4 is 11.8 Å². The van der Waals surface area contributed by atoms with Crippen molar-refractivity contribution in [3.63, 3.8) is 0 Å². The minimum Gasteiger partial charge on any atom is -0.457 e. The largest absolute Gasteiger partial charge is 0.457 e. The van der Waals surface area contributed by atoms with Gasteiger partial charge in [0.25, 0.3) is 0 Å². The molecular weight excluding hydrogens is 354 g/mol. The summed E-state index contributed by atoms with van der Waals surface area (Å²) in [5, 5.41) is 2.88. The Morgan fingerprint density at radius 1 is 1.18 bits per heavy atom. The monoisotopic (exact) mass is 381 g/mol. The van der Waals surface area contributed by atoms with E-state index < -0.39 is 6.04 Å². The van der Waals surface area contributed by atoms with Gasteiger partial charge in [-0.05, 0) is 36.8 Å². The topological polar surface area (TPSA) is 61.9 Å². The van der Waals surface area contributed by atoms with Crippen LogP contribution in [0.3, 0.4) is 0 Å². The van der Waals surface area contributed by atoms with Crippen molar-refractivity contribution in [1.29, 1.82) is 0 Å². The van der Waals surface area contributed by atoms with Crippen LogP contribution < -0.4 is 10.1 Å². The maximum absolute atomic E-state index is 12.4. The van der Waals surface area contributed by atoms with Crippen molar-refractivity contribution in [3.8, 4) is 11.5 Å². The normalized spacial score (nSPS) is 17.1. The fraction of sp³-hybridized carbons (Fsp3) is 0.364. The molecule has 28 heavy (non-hydrogen) atoms. The lowest BCUT2D eigenvalue weighted by Crippen LogP contribution is -2.56. The molecule has 148 valence electrons. The van der Waals surface area contributed by atoms with Crippen LogP contribution in [0.2, 0.25) is 0 Å². The summed E-state index contributed by atoms with van der Waals surface area (Å²) in [6.45, 7) is 4.45. The number of amides is 2. The van der Waals surface area contributed by atoms with Gasteiger partial charge in [0.05, 0.1) is 12.5 Å². The van der Waals surface area contributed by atoms with Crippen LogP contribution in [0.4, 0.5) is 0 Å². The third-order valence-corrected chi connectivity index (χ3v) is 4.97. The highest BCUT2D eigenvalue weighted by Crippen LogP contribution is 2.23. The summed E-state index contributed by atoms with van der Waals surface area (Å²) in [7, 11) is 1.76. The standard InChI is InChI=1S/C22H27N3O3/c1-3-24(2)21(26)15-20-22(27)23-12-13-25(20)16-17-8-7-11-19(14-17)28-18-9-5-4-6-10-18/h4-11,14,20H,3,12-13,15-16H2,1-2H3,(H,23,27)/t20-/m0/s1. The number of hydrogen-bond acceptors (Lipinski definition) is 4. The molecule has 1 aliphatic heterocycles. The van der Waals surface area contributed by atoms with Gasteiger partial charge in [-0.25, -0.2) is 0 Å². The molecule has 1 N–H and O–H groups in total. The van der Waals surface area contributed by atoms with Gasteiger partial charge in [0.15, 0.2) is 0 Å². The third kappa shape index (κ3) is 5.10. The second kappa shape index (κ2) is 9.37. The Labute approximate surface area is 166 Å². The Bertz CT molecular complexity index is 810. The zero-order chi connectivity index (χ0) is 19.9. The summed E-state index contributed by atoms with van der Waals surface area (Å²) in [4.78, 5) is 28.5. The van der Waals surface area contributed by atoms with Crippen LogP contribution in [0.15, 0.2) is 54.6 Å². The Kier molecular flexibility index (Phi) is 6.66. The first kappa shape index (κ1) is 19.9. The molecule has 1 atom stereocenters. The van der Waals surface area contributed by atoms with Crippen LogP contribution in [0, 0.1) is 0 Å². The second-order valence-electron chi connectivity index (χ2n) is 6.95. The van der Waals surface area contributed by atoms with E-state index in [9.17, 15) is 9.59 Å². The minimum absolute atomic E-state index is 0.0179. The van der Waals surface area contributed by atoms with E-state index in [1.54, 1.807) is 11.9 Å². The maximum atomic E-state index is 12.4. The van der Waals surface area contributed by atoms with Crippen LogP contribution >= 0.6 is 0 Å². The van der Waals surface area contributed by atoms with E-state index in [0.29, 0.717) is 26.2 Å². The van der Waals surface area contributed by atoms with Crippen molar-refractivity contribution in [3.05, 3.63) is 60.2 Å². The summed E-state index contributed by atoms with van der Waals surface area (Å²) in [5.74, 6) is 1.43. The Morgan fingerprint density at radius 2 is 1.93 bits per heavy atom. The SMILES string of the molecule is CCN(C)C(=O)C[C@H]1C(=O)NCCN1Cc1cccc(Oc2ccccc2)c1. The highest BCUT2D eigenvalue weighted by atomic mass is 16.5. The molecule has 0 unspecified atom stereocenters. The smallest absolute Gasteiger partial charge is 0.237 e. The van der Waals surface area contributed by atoms with Gasteiger partial charge >= 0.3 is 0 Å². The molecule has 0 spiro atoms. The van der Waals surface area contributed by atoms with E-state index in [1.165, 1.54) is 0 Å². The first-order valence-electron chi connectivity index (χ1n) is 9.64. The Balaban J connectivity index is 1.70. The number of ether oxygens (including phenoxy) is 1. The van der Waals surface area contributed by atoms with E-state index in [0.717, 1.165) is 17.1 Å². The molecule has 0 aliphatic carbocycles. The first-order valence-corrected chi connectivity index (χ1v) is 9.64. The van der Waals surface area contributed by atoms with Crippen LogP contribution in [-0.2, 0) is 16.1 Å². The molecule has 0 bridgehead atoms. The van der Waals surface area contributed by atoms with Crippen molar-refractivity contribution in [2.45, 2.75) is 25.9 Å². The first-order chi connectivity index (χ1) is 13.6. The fourth-order valence-electron chi connectivity index (χ4n) is 3.24. The van der Waals surface area contributed by atoms with Gasteiger partial charge in [0.1, 0.15) is 11.5 Å². The van der Waals surface area contributed by atoms with Crippen LogP contribution in [0.5, 0.6) is 11.5 Å². The van der Waals surface area contributed by atoms with Gasteiger partial charge in [-0.3, -0.25) is 14.5 Å². The molecule has 0 aromatic heterocycles. The number of nitrogens with one attached hydrogen (secondary N) is 1. The second-order valence-corrected chi connectivity index (χ2v) is 6.95. The van der Waals surface area contributed by atoms with Crippen LogP contribution in [0.1, 0.15) is 18.9 Å². The molecule has 1 fully saturated rings. The number of carbonyl (C=O) groups is 2. The lowest BCUT2D eigenvalue weighted by atomic mass is 10.1. The van der Waals surface area contributed by atoms with Gasteiger partial charge in [0, 0.05) is 33.2 Å². The van der Waals surface area contributed by atoms with E-state index in [4.69, 9.17) is 4.74 Å². The quantitative estimate of drug-likeness (QED) is 0.801. The van der Waals surface area contributed by atoms with Crippen molar-refractivity contribution in [1.82, 2.24) is 15.1 Å². The number of para-hydroxylation sites is 1. The maximum Gasteiger partial charge on any atom is 0.237 e. The summed E-state index contributed by atoms with van der Waals surface area (Å²) in [6.07, 6.45) is 0.191. The van der Waals surface area contributed by atoms with Crippen molar-refractivity contribution < 1.29 is 14.3 Å². The average Bonchev–Trinajstić information content (AvgIpc) is 2.71. The zero-order valence-electron chi connectivity index (χ0n) is 16.4. The van der Waals surface area contributed by atoms with Crippen LogP contribution in [0.25, 0.3) is 0 Å². The van der Waals surface area contributed by atoms with E-state index in [2.05, 4.69) is 10.2 Å². The zero-order valence-corrected chi connectivity index (χ0v) is 16.4. The predicted octanol–water partition coefficient (Wildman–Crippen LogP) is 2.65. The molecule has 3 rings (SSSR count). The molecule has 6 heteroatoms. The van der Waals surface area contributed by atoms with Crippen molar-refractivity contribution in [2.75, 3.05) is 26.7 Å². The van der Waals surface area contributed by atoms with Gasteiger partial charge in [0.2, 0.25) is 11.8 Å². The van der Waals surface area contributed by atoms with Crippen molar-refractivity contribution in [2.24, 2.45) is 0 Å². The molecule has 0 saturated carbocycles. The number of benzene rings is 2. The fourth-order valence-corrected chi connectivity index (χ4v) is 3.24. The number of hydrogen-bond donors (Lipinski definition) is 1. The molecule has 1 heterocycles. The summed E-state index contributed by atoms with van der Waals surface area (Å²) < 4.78 is 5.91. The summed E-state index contributed by atoms with van der Waals surface area (Å²) in [5.41, 5.74) is 1.05. The molecule has 2 amide bonds. The molecular formula is C22H27N3O3. The van der Waals surface area contributed by atoms with Gasteiger partial charge in [-0.1, -0.05) is 30.3 Å². The molecule has 2 aromatic rings. The molecule has 6 nitrogen and oxygen atoms in total. The van der Waals surface area contributed by atoms with Gasteiger partial charge in [-0.2, -0.15) is 0 Å². The molecule has 1 aliphatic rings. The number of carbonyl (C=O) groups excluding carboxylic acids is 2. The molecule has 1 saturated heterocycles. The predicted molar refractivity (Wildman–Crippen MR) is 108 cm³/mol. The highest BCUT2D eigenvalue weighted by molar-refractivity contribution is 5.88.